The molecular formula is C23H29N5O6S. The standard InChI is InChI=1S/C23H29N5O6S/c1-16-13-17(34-24-16)15-28-21(29)19-14-18(35(31,32)25-23(2)5-6-23)3-4-20(19)27(22(28)30)8-7-26-9-11-33-12-10-26/h3-4,13-14,25H,5-12,15H2,1-2H3. The maximum atomic E-state index is 13.5. The van der Waals surface area contributed by atoms with Crippen molar-refractivity contribution >= 4 is 20.9 Å². The van der Waals surface area contributed by atoms with E-state index in [-0.39, 0.29) is 16.8 Å². The number of morpholine rings is 1. The summed E-state index contributed by atoms with van der Waals surface area (Å²) < 4.78 is 41.9. The minimum Gasteiger partial charge on any atom is -0.379 e. The number of sulfonamides is 1. The second-order valence-corrected chi connectivity index (χ2v) is 11.2. The van der Waals surface area contributed by atoms with Crippen LogP contribution >= 0.6 is 0 Å². The van der Waals surface area contributed by atoms with Crippen molar-refractivity contribution < 1.29 is 17.7 Å². The number of nitrogens with one attached hydrogen (secondary N) is 1. The van der Waals surface area contributed by atoms with Crippen molar-refractivity contribution in [2.45, 2.75) is 50.2 Å². The van der Waals surface area contributed by atoms with Gasteiger partial charge >= 0.3 is 5.69 Å². The molecule has 0 unspecified atom stereocenters. The van der Waals surface area contributed by atoms with E-state index in [1.807, 2.05) is 6.92 Å². The van der Waals surface area contributed by atoms with Crippen molar-refractivity contribution in [1.29, 1.82) is 0 Å². The first-order valence-corrected chi connectivity index (χ1v) is 13.2. The molecule has 5 rings (SSSR count). The maximum absolute atomic E-state index is 13.5. The second kappa shape index (κ2) is 9.01. The Balaban J connectivity index is 1.59. The molecule has 0 atom stereocenters. The Bertz CT molecular complexity index is 1480. The zero-order valence-electron chi connectivity index (χ0n) is 19.8. The molecule has 1 aliphatic carbocycles. The number of ether oxygens (including phenoxy) is 1. The summed E-state index contributed by atoms with van der Waals surface area (Å²) in [5.74, 6) is 0.368. The second-order valence-electron chi connectivity index (χ2n) is 9.56. The molecule has 0 spiro atoms. The molecule has 188 valence electrons. The fraction of sp³-hybridized carbons (Fsp3) is 0.522. The third kappa shape index (κ3) is 4.96. The SMILES string of the molecule is Cc1cc(Cn2c(=O)c3cc(S(=O)(=O)NC4(C)CC4)ccc3n(CCN3CCOCC3)c2=O)on1. The lowest BCUT2D eigenvalue weighted by Crippen LogP contribution is -2.43. The highest BCUT2D eigenvalue weighted by atomic mass is 32.2. The number of nitrogens with zero attached hydrogens (tertiary/aromatic N) is 4. The predicted molar refractivity (Wildman–Crippen MR) is 128 cm³/mol. The third-order valence-electron chi connectivity index (χ3n) is 6.62. The average Bonchev–Trinajstić information content (AvgIpc) is 3.40. The topological polar surface area (TPSA) is 129 Å². The molecule has 0 radical (unpaired) electrons. The lowest BCUT2D eigenvalue weighted by Gasteiger charge is -2.27. The monoisotopic (exact) mass is 503 g/mol. The summed E-state index contributed by atoms with van der Waals surface area (Å²) in [5, 5.41) is 3.99. The van der Waals surface area contributed by atoms with Gasteiger partial charge in [-0.2, -0.15) is 0 Å². The van der Waals surface area contributed by atoms with Gasteiger partial charge in [0.15, 0.2) is 5.76 Å². The smallest absolute Gasteiger partial charge is 0.331 e. The Morgan fingerprint density at radius 1 is 1.09 bits per heavy atom. The van der Waals surface area contributed by atoms with Crippen LogP contribution in [0, 0.1) is 6.92 Å². The van der Waals surface area contributed by atoms with E-state index in [0.29, 0.717) is 43.3 Å². The van der Waals surface area contributed by atoms with Crippen molar-refractivity contribution in [1.82, 2.24) is 23.9 Å². The summed E-state index contributed by atoms with van der Waals surface area (Å²) in [7, 11) is -3.82. The van der Waals surface area contributed by atoms with Crippen LogP contribution in [0.15, 0.2) is 43.3 Å². The molecular weight excluding hydrogens is 474 g/mol. The van der Waals surface area contributed by atoms with Crippen LogP contribution in [0.5, 0.6) is 0 Å². The van der Waals surface area contributed by atoms with Crippen LogP contribution < -0.4 is 16.0 Å². The van der Waals surface area contributed by atoms with Gasteiger partial charge in [-0.05, 0) is 44.9 Å². The van der Waals surface area contributed by atoms with Crippen LogP contribution in [0.1, 0.15) is 31.2 Å². The van der Waals surface area contributed by atoms with Gasteiger partial charge in [-0.25, -0.2) is 17.9 Å². The number of aryl methyl sites for hydroxylation is 1. The van der Waals surface area contributed by atoms with Gasteiger partial charge in [0, 0.05) is 37.8 Å². The first kappa shape index (κ1) is 23.9. The lowest BCUT2D eigenvalue weighted by molar-refractivity contribution is 0.0363. The average molecular weight is 504 g/mol. The van der Waals surface area contributed by atoms with Gasteiger partial charge in [-0.3, -0.25) is 18.8 Å². The molecule has 12 heteroatoms. The third-order valence-corrected chi connectivity index (χ3v) is 8.26. The van der Waals surface area contributed by atoms with E-state index in [1.54, 1.807) is 19.1 Å². The van der Waals surface area contributed by atoms with Gasteiger partial charge in [-0.1, -0.05) is 5.16 Å². The van der Waals surface area contributed by atoms with E-state index in [0.717, 1.165) is 30.5 Å². The fourth-order valence-electron chi connectivity index (χ4n) is 4.31. The molecule has 3 heterocycles. The van der Waals surface area contributed by atoms with Crippen LogP contribution in [0.2, 0.25) is 0 Å². The summed E-state index contributed by atoms with van der Waals surface area (Å²) in [5.41, 5.74) is -0.473. The van der Waals surface area contributed by atoms with Gasteiger partial charge < -0.3 is 9.26 Å². The molecule has 0 amide bonds. The van der Waals surface area contributed by atoms with Crippen LogP contribution in [0.4, 0.5) is 0 Å². The summed E-state index contributed by atoms with van der Waals surface area (Å²) in [6, 6.07) is 6.02. The van der Waals surface area contributed by atoms with Crippen LogP contribution in [0.3, 0.4) is 0 Å². The maximum Gasteiger partial charge on any atom is 0.331 e. The molecule has 2 fully saturated rings. The molecule has 0 bridgehead atoms. The van der Waals surface area contributed by atoms with E-state index >= 15 is 0 Å². The molecule has 2 aliphatic rings. The van der Waals surface area contributed by atoms with E-state index in [4.69, 9.17) is 9.26 Å². The van der Waals surface area contributed by atoms with Gasteiger partial charge in [0.05, 0.1) is 41.3 Å². The van der Waals surface area contributed by atoms with Crippen molar-refractivity contribution in [3.05, 3.63) is 56.6 Å². The highest BCUT2D eigenvalue weighted by molar-refractivity contribution is 7.89. The molecule has 1 N–H and O–H groups in total. The Morgan fingerprint density at radius 3 is 2.49 bits per heavy atom. The molecule has 1 aliphatic heterocycles. The van der Waals surface area contributed by atoms with Crippen molar-refractivity contribution in [2.75, 3.05) is 32.8 Å². The molecule has 2 aromatic heterocycles. The number of fused-ring (bicyclic) bond motifs is 1. The number of aromatic nitrogens is 3. The summed E-state index contributed by atoms with van der Waals surface area (Å²) in [6.45, 7) is 7.22. The van der Waals surface area contributed by atoms with Gasteiger partial charge in [0.2, 0.25) is 10.0 Å². The normalized spacial score (nSPS) is 18.2. The minimum absolute atomic E-state index is 0.00402. The molecule has 1 saturated heterocycles. The first-order chi connectivity index (χ1) is 16.7. The predicted octanol–water partition coefficient (Wildman–Crippen LogP) is 0.671. The van der Waals surface area contributed by atoms with E-state index in [9.17, 15) is 18.0 Å². The Labute approximate surface area is 202 Å². The highest BCUT2D eigenvalue weighted by Gasteiger charge is 2.41. The molecule has 1 aromatic carbocycles. The summed E-state index contributed by atoms with van der Waals surface area (Å²) in [6.07, 6.45) is 1.54. The minimum atomic E-state index is -3.82. The highest BCUT2D eigenvalue weighted by Crippen LogP contribution is 2.36. The van der Waals surface area contributed by atoms with E-state index in [2.05, 4.69) is 14.8 Å². The first-order valence-electron chi connectivity index (χ1n) is 11.7. The van der Waals surface area contributed by atoms with Crippen LogP contribution in [-0.4, -0.2) is 66.0 Å². The Morgan fingerprint density at radius 2 is 1.83 bits per heavy atom. The van der Waals surface area contributed by atoms with Crippen molar-refractivity contribution in [3.63, 3.8) is 0 Å². The Hall–Kier alpha value is -2.80. The molecule has 11 nitrogen and oxygen atoms in total. The van der Waals surface area contributed by atoms with Gasteiger partial charge in [0.25, 0.3) is 5.56 Å². The summed E-state index contributed by atoms with van der Waals surface area (Å²) in [4.78, 5) is 29.1. The van der Waals surface area contributed by atoms with Crippen LogP contribution in [0.25, 0.3) is 10.9 Å². The largest absolute Gasteiger partial charge is 0.379 e. The van der Waals surface area contributed by atoms with Crippen molar-refractivity contribution in [3.8, 4) is 0 Å². The number of rotatable bonds is 8. The Kier molecular flexibility index (Phi) is 6.16. The zero-order valence-corrected chi connectivity index (χ0v) is 20.6. The lowest BCUT2D eigenvalue weighted by atomic mass is 10.2. The number of hydrogen-bond acceptors (Lipinski definition) is 8. The van der Waals surface area contributed by atoms with Gasteiger partial charge in [-0.15, -0.1) is 0 Å². The molecule has 35 heavy (non-hydrogen) atoms. The van der Waals surface area contributed by atoms with Crippen molar-refractivity contribution in [2.24, 2.45) is 0 Å². The fourth-order valence-corrected chi connectivity index (χ4v) is 5.80. The van der Waals surface area contributed by atoms with E-state index in [1.165, 1.54) is 16.7 Å². The van der Waals surface area contributed by atoms with E-state index < -0.39 is 26.8 Å². The molecule has 1 saturated carbocycles. The quantitative estimate of drug-likeness (QED) is 0.475. The molecule has 3 aromatic rings. The summed E-state index contributed by atoms with van der Waals surface area (Å²) >= 11 is 0. The van der Waals surface area contributed by atoms with Crippen LogP contribution in [-0.2, 0) is 27.8 Å². The number of hydrogen-bond donors (Lipinski definition) is 1. The zero-order chi connectivity index (χ0) is 24.8. The number of benzene rings is 1. The van der Waals surface area contributed by atoms with Gasteiger partial charge in [0.1, 0.15) is 0 Å².